The molecule has 1 aromatic heterocycles. The number of carbonyl (C=O) groups is 2. The minimum Gasteiger partial charge on any atom is -0.489 e. The maximum absolute atomic E-state index is 13.0. The second kappa shape index (κ2) is 13.6. The number of pyridine rings is 1. The van der Waals surface area contributed by atoms with E-state index in [-0.39, 0.29) is 45.0 Å². The second-order valence-corrected chi connectivity index (χ2v) is 11.9. The van der Waals surface area contributed by atoms with E-state index in [1.807, 2.05) is 0 Å². The summed E-state index contributed by atoms with van der Waals surface area (Å²) in [5.41, 5.74) is 0.614. The molecule has 0 bridgehead atoms. The fraction of sp³-hybridized carbons (Fsp3) is 0.296. The highest BCUT2D eigenvalue weighted by atomic mass is 35.5. The van der Waals surface area contributed by atoms with Crippen LogP contribution in [0.15, 0.2) is 59.8 Å². The van der Waals surface area contributed by atoms with Crippen LogP contribution < -0.4 is 19.2 Å². The van der Waals surface area contributed by atoms with Crippen LogP contribution in [-0.4, -0.2) is 45.2 Å². The fourth-order valence-corrected chi connectivity index (χ4v) is 5.32. The number of nitrogens with one attached hydrogen (secondary N) is 2. The van der Waals surface area contributed by atoms with Crippen molar-refractivity contribution in [1.29, 1.82) is 0 Å². The van der Waals surface area contributed by atoms with E-state index in [1.54, 1.807) is 0 Å². The first-order chi connectivity index (χ1) is 19.9. The zero-order valence-corrected chi connectivity index (χ0v) is 24.0. The lowest BCUT2D eigenvalue weighted by atomic mass is 10.0. The number of H-pyrrole nitrogens is 1. The number of hydrogen-bond acceptors (Lipinski definition) is 7. The number of carbonyl (C=O) groups excluding carboxylic acids is 1. The fourth-order valence-electron chi connectivity index (χ4n) is 3.82. The normalized spacial score (nSPS) is 13.9. The number of carboxylic acids is 1. The highest BCUT2D eigenvalue weighted by Crippen LogP contribution is 2.37. The Kier molecular flexibility index (Phi) is 10.2. The predicted molar refractivity (Wildman–Crippen MR) is 145 cm³/mol. The van der Waals surface area contributed by atoms with E-state index in [2.05, 4.69) is 14.4 Å². The van der Waals surface area contributed by atoms with Gasteiger partial charge in [0.05, 0.1) is 17.1 Å². The van der Waals surface area contributed by atoms with Gasteiger partial charge in [-0.1, -0.05) is 29.3 Å². The van der Waals surface area contributed by atoms with E-state index < -0.39 is 41.2 Å². The SMILES string of the molecule is O=C(CNS(=O)(=O)c1ccc(C(=O)O)cc1)O[C@@H](Cc1c(Cl)c[nH+]cc1Cl)c1ccc(OC(F)F)c(OCC2CC2)c1. The van der Waals surface area contributed by atoms with Crippen LogP contribution in [0.25, 0.3) is 0 Å². The van der Waals surface area contributed by atoms with E-state index >= 15 is 0 Å². The van der Waals surface area contributed by atoms with Gasteiger partial charge in [0.15, 0.2) is 23.9 Å². The minimum atomic E-state index is -4.20. The summed E-state index contributed by atoms with van der Waals surface area (Å²) >= 11 is 12.6. The smallest absolute Gasteiger partial charge is 0.387 e. The van der Waals surface area contributed by atoms with Crippen molar-refractivity contribution < 1.29 is 51.1 Å². The van der Waals surface area contributed by atoms with Gasteiger partial charge in [-0.25, -0.2) is 18.2 Å². The largest absolute Gasteiger partial charge is 0.489 e. The maximum atomic E-state index is 13.0. The minimum absolute atomic E-state index is 0.0184. The van der Waals surface area contributed by atoms with Gasteiger partial charge in [0, 0.05) is 12.0 Å². The Bertz CT molecular complexity index is 1530. The summed E-state index contributed by atoms with van der Waals surface area (Å²) in [6.07, 6.45) is 3.68. The van der Waals surface area contributed by atoms with E-state index in [4.69, 9.17) is 37.8 Å². The molecule has 1 saturated carbocycles. The van der Waals surface area contributed by atoms with Gasteiger partial charge in [-0.05, 0) is 60.7 Å². The third-order valence-corrected chi connectivity index (χ3v) is 8.30. The molecule has 3 aromatic rings. The van der Waals surface area contributed by atoms with Crippen molar-refractivity contribution in [1.82, 2.24) is 4.72 Å². The number of esters is 1. The number of aromatic nitrogens is 1. The number of sulfonamides is 1. The lowest BCUT2D eigenvalue weighted by Crippen LogP contribution is -2.31. The van der Waals surface area contributed by atoms with Gasteiger partial charge < -0.3 is 19.3 Å². The Labute approximate surface area is 249 Å². The van der Waals surface area contributed by atoms with Crippen molar-refractivity contribution in [2.24, 2.45) is 5.92 Å². The third-order valence-electron chi connectivity index (χ3n) is 6.21. The Morgan fingerprint density at radius 2 is 1.71 bits per heavy atom. The van der Waals surface area contributed by atoms with Crippen LogP contribution in [0.5, 0.6) is 11.5 Å². The third kappa shape index (κ3) is 8.51. The predicted octanol–water partition coefficient (Wildman–Crippen LogP) is 4.70. The molecular formula is C27H25Cl2F2N2O8S+. The number of benzene rings is 2. The van der Waals surface area contributed by atoms with Crippen molar-refractivity contribution >= 4 is 45.2 Å². The summed E-state index contributed by atoms with van der Waals surface area (Å²) in [7, 11) is -4.20. The van der Waals surface area contributed by atoms with Gasteiger partial charge >= 0.3 is 18.6 Å². The van der Waals surface area contributed by atoms with Crippen LogP contribution >= 0.6 is 23.2 Å². The number of rotatable bonds is 14. The maximum Gasteiger partial charge on any atom is 0.387 e. The van der Waals surface area contributed by atoms with Gasteiger partial charge in [-0.3, -0.25) is 4.79 Å². The molecule has 15 heteroatoms. The molecule has 1 atom stereocenters. The van der Waals surface area contributed by atoms with Gasteiger partial charge in [-0.2, -0.15) is 13.5 Å². The average molecular weight is 646 g/mol. The molecule has 0 aliphatic heterocycles. The number of alkyl halides is 2. The Morgan fingerprint density at radius 3 is 2.31 bits per heavy atom. The second-order valence-electron chi connectivity index (χ2n) is 9.31. The highest BCUT2D eigenvalue weighted by molar-refractivity contribution is 7.89. The summed E-state index contributed by atoms with van der Waals surface area (Å²) in [5, 5.41) is 9.47. The van der Waals surface area contributed by atoms with Gasteiger partial charge in [-0.15, -0.1) is 0 Å². The molecule has 0 amide bonds. The first-order valence-corrected chi connectivity index (χ1v) is 14.7. The molecule has 224 valence electrons. The molecule has 0 saturated heterocycles. The van der Waals surface area contributed by atoms with Crippen molar-refractivity contribution in [2.75, 3.05) is 13.2 Å². The molecule has 2 aromatic carbocycles. The van der Waals surface area contributed by atoms with Crippen molar-refractivity contribution in [3.05, 3.63) is 81.6 Å². The number of ether oxygens (including phenoxy) is 3. The first kappa shape index (κ1) is 31.4. The summed E-state index contributed by atoms with van der Waals surface area (Å²) < 4.78 is 69.4. The Balaban J connectivity index is 1.56. The molecule has 10 nitrogen and oxygen atoms in total. The van der Waals surface area contributed by atoms with Gasteiger partial charge in [0.25, 0.3) is 0 Å². The highest BCUT2D eigenvalue weighted by Gasteiger charge is 2.27. The molecule has 1 heterocycles. The molecule has 0 spiro atoms. The number of halogens is 4. The zero-order chi connectivity index (χ0) is 30.4. The van der Waals surface area contributed by atoms with Crippen LogP contribution in [0, 0.1) is 5.92 Å². The molecule has 1 aliphatic rings. The van der Waals surface area contributed by atoms with Crippen molar-refractivity contribution in [3.63, 3.8) is 0 Å². The molecule has 0 unspecified atom stereocenters. The quantitative estimate of drug-likeness (QED) is 0.240. The Hall–Kier alpha value is -3.52. The summed E-state index contributed by atoms with van der Waals surface area (Å²) in [4.78, 5) is 26.4. The Morgan fingerprint density at radius 1 is 1.05 bits per heavy atom. The molecule has 1 aliphatic carbocycles. The summed E-state index contributed by atoms with van der Waals surface area (Å²) in [6, 6.07) is 8.47. The molecule has 0 radical (unpaired) electrons. The van der Waals surface area contributed by atoms with Gasteiger partial charge in [0.2, 0.25) is 10.0 Å². The molecule has 4 rings (SSSR count). The van der Waals surface area contributed by atoms with Crippen LogP contribution in [0.2, 0.25) is 10.0 Å². The zero-order valence-electron chi connectivity index (χ0n) is 21.7. The molecule has 1 fully saturated rings. The number of aromatic carboxylic acids is 1. The molecular weight excluding hydrogens is 621 g/mol. The number of hydrogen-bond donors (Lipinski definition) is 2. The average Bonchev–Trinajstić information content (AvgIpc) is 3.77. The van der Waals surface area contributed by atoms with Gasteiger partial charge in [0.1, 0.15) is 22.7 Å². The number of carboxylic acid groups (broad SMARTS) is 1. The van der Waals surface area contributed by atoms with Crippen molar-refractivity contribution in [3.8, 4) is 11.5 Å². The van der Waals surface area contributed by atoms with Crippen LogP contribution in [0.1, 0.15) is 40.4 Å². The van der Waals surface area contributed by atoms with E-state index in [1.165, 1.54) is 30.6 Å². The van der Waals surface area contributed by atoms with Crippen LogP contribution in [0.4, 0.5) is 8.78 Å². The first-order valence-electron chi connectivity index (χ1n) is 12.5. The van der Waals surface area contributed by atoms with E-state index in [0.717, 1.165) is 37.1 Å². The lowest BCUT2D eigenvalue weighted by molar-refractivity contribution is -0.377. The summed E-state index contributed by atoms with van der Waals surface area (Å²) in [6.45, 7) is -3.59. The lowest BCUT2D eigenvalue weighted by Gasteiger charge is -2.21. The standard InChI is InChI=1S/C27H24Cl2F2N2O8S/c28-20-11-32-12-21(29)19(20)10-23(17-5-8-22(41-27(30)31)24(9-17)39-14-15-1-2-15)40-25(34)13-33-42(37,38)18-6-3-16(4-7-18)26(35)36/h3-9,11-12,15,23,27,33H,1-2,10,13-14H2,(H,35,36)/p+1/t23-/m0/s1. The van der Waals surface area contributed by atoms with Crippen molar-refractivity contribution in [2.45, 2.75) is 36.9 Å². The van der Waals surface area contributed by atoms with Crippen LogP contribution in [-0.2, 0) is 26.0 Å². The topological polar surface area (TPSA) is 142 Å². The summed E-state index contributed by atoms with van der Waals surface area (Å²) in [5.74, 6) is -2.09. The molecule has 3 N–H and O–H groups in total. The monoisotopic (exact) mass is 645 g/mol. The molecule has 42 heavy (non-hydrogen) atoms. The van der Waals surface area contributed by atoms with E-state index in [0.29, 0.717) is 17.0 Å². The van der Waals surface area contributed by atoms with E-state index in [9.17, 15) is 26.8 Å². The number of aromatic amines is 1. The van der Waals surface area contributed by atoms with Crippen LogP contribution in [0.3, 0.4) is 0 Å².